The number of rotatable bonds is 4. The monoisotopic (exact) mass is 321 g/mol. The predicted molar refractivity (Wildman–Crippen MR) is 79.9 cm³/mol. The molecule has 1 unspecified atom stereocenters. The smallest absolute Gasteiger partial charge is 0.248 e. The first-order valence-corrected chi connectivity index (χ1v) is 7.66. The summed E-state index contributed by atoms with van der Waals surface area (Å²) in [7, 11) is 1.87. The summed E-state index contributed by atoms with van der Waals surface area (Å²) in [5.41, 5.74) is 0.968. The summed E-state index contributed by atoms with van der Waals surface area (Å²) >= 11 is 12.2. The normalized spacial score (nSPS) is 20.9. The molecule has 1 saturated carbocycles. The van der Waals surface area contributed by atoms with Gasteiger partial charge in [-0.05, 0) is 56.0 Å². The predicted octanol–water partition coefficient (Wildman–Crippen LogP) is 4.95. The maximum atomic E-state index is 13.2. The lowest BCUT2D eigenvalue weighted by atomic mass is 9.80. The van der Waals surface area contributed by atoms with Gasteiger partial charge in [0, 0.05) is 28.9 Å². The van der Waals surface area contributed by atoms with Crippen LogP contribution in [0, 0.1) is 5.92 Å². The average molecular weight is 322 g/mol. The molecule has 0 aromatic heterocycles. The molecule has 1 nitrogen and oxygen atoms in total. The number of hydrogen-bond donors (Lipinski definition) is 1. The minimum Gasteiger partial charge on any atom is -0.316 e. The van der Waals surface area contributed by atoms with E-state index in [1.165, 1.54) is 0 Å². The Hall–Kier alpha value is -0.380. The molecule has 1 aromatic carbocycles. The molecule has 0 amide bonds. The Morgan fingerprint density at radius 1 is 1.30 bits per heavy atom. The molecule has 0 aliphatic heterocycles. The lowest BCUT2D eigenvalue weighted by molar-refractivity contribution is -0.0492. The van der Waals surface area contributed by atoms with Crippen molar-refractivity contribution >= 4 is 23.2 Å². The fourth-order valence-electron chi connectivity index (χ4n) is 2.91. The van der Waals surface area contributed by atoms with Gasteiger partial charge in [-0.3, -0.25) is 0 Å². The maximum absolute atomic E-state index is 13.2. The van der Waals surface area contributed by atoms with Crippen LogP contribution in [0.3, 0.4) is 0 Å². The Morgan fingerprint density at radius 2 is 1.95 bits per heavy atom. The standard InChI is InChI=1S/C15H19Cl2F2N/c1-20-14(10-4-6-15(18,19)7-5-10)9-11-8-12(16)2-3-13(11)17/h2-3,8,10,14,20H,4-7,9H2,1H3. The van der Waals surface area contributed by atoms with Crippen LogP contribution in [-0.4, -0.2) is 19.0 Å². The molecule has 1 aliphatic carbocycles. The summed E-state index contributed by atoms with van der Waals surface area (Å²) in [6.45, 7) is 0. The van der Waals surface area contributed by atoms with Gasteiger partial charge in [0.05, 0.1) is 0 Å². The molecule has 0 spiro atoms. The van der Waals surface area contributed by atoms with Crippen LogP contribution in [0.25, 0.3) is 0 Å². The Balaban J connectivity index is 2.04. The van der Waals surface area contributed by atoms with Crippen LogP contribution in [0.2, 0.25) is 10.0 Å². The number of halogens is 4. The minimum atomic E-state index is -2.48. The van der Waals surface area contributed by atoms with E-state index in [4.69, 9.17) is 23.2 Å². The third-order valence-electron chi connectivity index (χ3n) is 4.15. The number of likely N-dealkylation sites (N-methyl/N-ethyl adjacent to an activating group) is 1. The second-order valence-corrected chi connectivity index (χ2v) is 6.37. The van der Waals surface area contributed by atoms with Gasteiger partial charge in [0.1, 0.15) is 0 Å². The van der Waals surface area contributed by atoms with E-state index in [9.17, 15) is 8.78 Å². The molecule has 1 aromatic rings. The van der Waals surface area contributed by atoms with Crippen molar-refractivity contribution in [2.24, 2.45) is 5.92 Å². The Bertz CT molecular complexity index is 455. The van der Waals surface area contributed by atoms with E-state index in [0.29, 0.717) is 29.3 Å². The zero-order chi connectivity index (χ0) is 14.8. The van der Waals surface area contributed by atoms with Gasteiger partial charge in [-0.15, -0.1) is 0 Å². The lowest BCUT2D eigenvalue weighted by Gasteiger charge is -2.34. The van der Waals surface area contributed by atoms with Crippen molar-refractivity contribution in [3.8, 4) is 0 Å². The summed E-state index contributed by atoms with van der Waals surface area (Å²) < 4.78 is 26.5. The summed E-state index contributed by atoms with van der Waals surface area (Å²) in [6, 6.07) is 5.54. The van der Waals surface area contributed by atoms with Crippen molar-refractivity contribution < 1.29 is 8.78 Å². The zero-order valence-corrected chi connectivity index (χ0v) is 12.9. The number of nitrogens with one attached hydrogen (secondary N) is 1. The van der Waals surface area contributed by atoms with E-state index in [1.807, 2.05) is 13.1 Å². The van der Waals surface area contributed by atoms with Crippen LogP contribution in [0.5, 0.6) is 0 Å². The Morgan fingerprint density at radius 3 is 2.55 bits per heavy atom. The van der Waals surface area contributed by atoms with E-state index in [1.54, 1.807) is 12.1 Å². The highest BCUT2D eigenvalue weighted by Gasteiger charge is 2.37. The summed E-state index contributed by atoms with van der Waals surface area (Å²) in [4.78, 5) is 0. The van der Waals surface area contributed by atoms with Gasteiger partial charge in [-0.2, -0.15) is 0 Å². The van der Waals surface area contributed by atoms with Crippen molar-refractivity contribution in [2.75, 3.05) is 7.05 Å². The molecule has 20 heavy (non-hydrogen) atoms. The van der Waals surface area contributed by atoms with E-state index in [0.717, 1.165) is 5.56 Å². The molecule has 0 heterocycles. The minimum absolute atomic E-state index is 0.0148. The van der Waals surface area contributed by atoms with Crippen LogP contribution < -0.4 is 5.32 Å². The topological polar surface area (TPSA) is 12.0 Å². The molecular weight excluding hydrogens is 303 g/mol. The SMILES string of the molecule is CNC(Cc1cc(Cl)ccc1Cl)C1CCC(F)(F)CC1. The van der Waals surface area contributed by atoms with Crippen LogP contribution >= 0.6 is 23.2 Å². The Kier molecular flexibility index (Phi) is 5.27. The third kappa shape index (κ3) is 4.06. The fraction of sp³-hybridized carbons (Fsp3) is 0.600. The van der Waals surface area contributed by atoms with Gasteiger partial charge < -0.3 is 5.32 Å². The maximum Gasteiger partial charge on any atom is 0.248 e. The van der Waals surface area contributed by atoms with Gasteiger partial charge in [-0.25, -0.2) is 8.78 Å². The van der Waals surface area contributed by atoms with Crippen LogP contribution in [0.4, 0.5) is 8.78 Å². The largest absolute Gasteiger partial charge is 0.316 e. The van der Waals surface area contributed by atoms with Crippen LogP contribution in [0.1, 0.15) is 31.2 Å². The third-order valence-corrected chi connectivity index (χ3v) is 4.75. The molecule has 112 valence electrons. The fourth-order valence-corrected chi connectivity index (χ4v) is 3.30. The van der Waals surface area contributed by atoms with Crippen molar-refractivity contribution in [3.05, 3.63) is 33.8 Å². The summed E-state index contributed by atoms with van der Waals surface area (Å²) in [5, 5.41) is 4.57. The molecule has 0 saturated heterocycles. The molecule has 5 heteroatoms. The second kappa shape index (κ2) is 6.59. The molecule has 1 aliphatic rings. The van der Waals surface area contributed by atoms with Crippen molar-refractivity contribution in [2.45, 2.75) is 44.1 Å². The first kappa shape index (κ1) is 16.0. The van der Waals surface area contributed by atoms with Crippen LogP contribution in [0.15, 0.2) is 18.2 Å². The molecule has 1 atom stereocenters. The Labute approximate surface area is 128 Å². The van der Waals surface area contributed by atoms with Crippen molar-refractivity contribution in [3.63, 3.8) is 0 Å². The molecule has 2 rings (SSSR count). The van der Waals surface area contributed by atoms with E-state index < -0.39 is 5.92 Å². The van der Waals surface area contributed by atoms with E-state index in [2.05, 4.69) is 5.32 Å². The van der Waals surface area contributed by atoms with Crippen molar-refractivity contribution in [1.29, 1.82) is 0 Å². The second-order valence-electron chi connectivity index (χ2n) is 5.53. The van der Waals surface area contributed by atoms with E-state index >= 15 is 0 Å². The first-order valence-electron chi connectivity index (χ1n) is 6.90. The molecule has 1 N–H and O–H groups in total. The molecule has 1 fully saturated rings. The molecule has 0 bridgehead atoms. The van der Waals surface area contributed by atoms with E-state index in [-0.39, 0.29) is 24.8 Å². The molecule has 0 radical (unpaired) electrons. The molecular formula is C15H19Cl2F2N. The zero-order valence-electron chi connectivity index (χ0n) is 11.4. The first-order chi connectivity index (χ1) is 9.41. The highest BCUT2D eigenvalue weighted by molar-refractivity contribution is 6.33. The number of hydrogen-bond acceptors (Lipinski definition) is 1. The summed E-state index contributed by atoms with van der Waals surface area (Å²) in [5.74, 6) is -2.22. The highest BCUT2D eigenvalue weighted by atomic mass is 35.5. The summed E-state index contributed by atoms with van der Waals surface area (Å²) in [6.07, 6.45) is 1.79. The average Bonchev–Trinajstić information content (AvgIpc) is 2.40. The number of alkyl halides is 2. The van der Waals surface area contributed by atoms with Gasteiger partial charge >= 0.3 is 0 Å². The van der Waals surface area contributed by atoms with Crippen molar-refractivity contribution in [1.82, 2.24) is 5.32 Å². The van der Waals surface area contributed by atoms with Crippen LogP contribution in [-0.2, 0) is 6.42 Å². The quantitative estimate of drug-likeness (QED) is 0.827. The van der Waals surface area contributed by atoms with Gasteiger partial charge in [-0.1, -0.05) is 23.2 Å². The lowest BCUT2D eigenvalue weighted by Crippen LogP contribution is -2.39. The van der Waals surface area contributed by atoms with Gasteiger partial charge in [0.15, 0.2) is 0 Å². The number of benzene rings is 1. The van der Waals surface area contributed by atoms with Gasteiger partial charge in [0.25, 0.3) is 0 Å². The van der Waals surface area contributed by atoms with Gasteiger partial charge in [0.2, 0.25) is 5.92 Å². The highest BCUT2D eigenvalue weighted by Crippen LogP contribution is 2.38.